The van der Waals surface area contributed by atoms with Gasteiger partial charge in [0.1, 0.15) is 11.9 Å². The molecule has 0 radical (unpaired) electrons. The van der Waals surface area contributed by atoms with E-state index in [9.17, 15) is 10.1 Å². The summed E-state index contributed by atoms with van der Waals surface area (Å²) in [4.78, 5) is 23.7. The fourth-order valence-electron chi connectivity index (χ4n) is 3.98. The summed E-state index contributed by atoms with van der Waals surface area (Å²) in [7, 11) is 1.86. The lowest BCUT2D eigenvalue weighted by Gasteiger charge is -2.42. The number of piperazine rings is 1. The SMILES string of the molecule is Cn1cc(N2CCC[C@@H](N3CCN(c4ncccc4C#N)CC3)C2=O)cn1. The number of nitriles is 1. The smallest absolute Gasteiger partial charge is 0.244 e. The van der Waals surface area contributed by atoms with Crippen LogP contribution in [-0.4, -0.2) is 64.3 Å². The summed E-state index contributed by atoms with van der Waals surface area (Å²) in [5.41, 5.74) is 1.47. The van der Waals surface area contributed by atoms with Crippen molar-refractivity contribution in [3.05, 3.63) is 36.3 Å². The molecule has 1 atom stereocenters. The monoisotopic (exact) mass is 365 g/mol. The largest absolute Gasteiger partial charge is 0.353 e. The van der Waals surface area contributed by atoms with Crippen LogP contribution in [0.25, 0.3) is 0 Å². The van der Waals surface area contributed by atoms with Gasteiger partial charge in [-0.3, -0.25) is 14.4 Å². The lowest BCUT2D eigenvalue weighted by molar-refractivity contribution is -0.125. The standard InChI is InChI=1S/C19H23N7O/c1-23-14-16(13-22-23)26-7-3-5-17(19(26)27)24-8-10-25(11-9-24)18-15(12-20)4-2-6-21-18/h2,4,6,13-14,17H,3,5,7-11H2,1H3/t17-/m1/s1. The molecule has 4 heterocycles. The average Bonchev–Trinajstić information content (AvgIpc) is 3.14. The fraction of sp³-hybridized carbons (Fsp3) is 0.474. The van der Waals surface area contributed by atoms with Crippen LogP contribution in [-0.2, 0) is 11.8 Å². The molecule has 0 saturated carbocycles. The van der Waals surface area contributed by atoms with E-state index in [-0.39, 0.29) is 11.9 Å². The Labute approximate surface area is 158 Å². The van der Waals surface area contributed by atoms with Crippen molar-refractivity contribution in [3.8, 4) is 6.07 Å². The first-order chi connectivity index (χ1) is 13.2. The molecule has 0 aromatic carbocycles. The fourth-order valence-corrected chi connectivity index (χ4v) is 3.98. The molecule has 0 aliphatic carbocycles. The van der Waals surface area contributed by atoms with Gasteiger partial charge in [0, 0.05) is 52.2 Å². The first kappa shape index (κ1) is 17.5. The van der Waals surface area contributed by atoms with Crippen LogP contribution >= 0.6 is 0 Å². The molecule has 2 fully saturated rings. The predicted molar refractivity (Wildman–Crippen MR) is 101 cm³/mol. The summed E-state index contributed by atoms with van der Waals surface area (Å²) in [6.45, 7) is 3.86. The van der Waals surface area contributed by atoms with Crippen LogP contribution in [0.4, 0.5) is 11.5 Å². The lowest BCUT2D eigenvalue weighted by Crippen LogP contribution is -2.58. The van der Waals surface area contributed by atoms with Crippen molar-refractivity contribution < 1.29 is 4.79 Å². The van der Waals surface area contributed by atoms with Crippen LogP contribution in [0.3, 0.4) is 0 Å². The summed E-state index contributed by atoms with van der Waals surface area (Å²) in [6.07, 6.45) is 7.25. The molecule has 1 amide bonds. The van der Waals surface area contributed by atoms with Crippen LogP contribution in [0.15, 0.2) is 30.7 Å². The van der Waals surface area contributed by atoms with Gasteiger partial charge in [-0.05, 0) is 25.0 Å². The van der Waals surface area contributed by atoms with Crippen LogP contribution in [0, 0.1) is 11.3 Å². The van der Waals surface area contributed by atoms with E-state index in [0.29, 0.717) is 5.56 Å². The van der Waals surface area contributed by atoms with E-state index in [4.69, 9.17) is 0 Å². The summed E-state index contributed by atoms with van der Waals surface area (Å²) in [5.74, 6) is 0.907. The third-order valence-corrected chi connectivity index (χ3v) is 5.37. The number of anilines is 2. The Morgan fingerprint density at radius 3 is 2.74 bits per heavy atom. The normalized spacial score (nSPS) is 21.3. The number of nitrogens with zero attached hydrogens (tertiary/aromatic N) is 7. The third kappa shape index (κ3) is 3.38. The Hall–Kier alpha value is -2.92. The maximum absolute atomic E-state index is 13.1. The number of piperidine rings is 1. The van der Waals surface area contributed by atoms with E-state index in [0.717, 1.165) is 57.1 Å². The number of carbonyl (C=O) groups is 1. The summed E-state index contributed by atoms with van der Waals surface area (Å²) in [5, 5.41) is 13.5. The second-order valence-electron chi connectivity index (χ2n) is 7.03. The van der Waals surface area contributed by atoms with E-state index in [1.54, 1.807) is 29.2 Å². The van der Waals surface area contributed by atoms with Crippen molar-refractivity contribution in [1.29, 1.82) is 5.26 Å². The third-order valence-electron chi connectivity index (χ3n) is 5.37. The molecule has 140 valence electrons. The highest BCUT2D eigenvalue weighted by molar-refractivity contribution is 5.97. The van der Waals surface area contributed by atoms with Gasteiger partial charge < -0.3 is 9.80 Å². The lowest BCUT2D eigenvalue weighted by atomic mass is 10.0. The van der Waals surface area contributed by atoms with Crippen LogP contribution in [0.2, 0.25) is 0 Å². The first-order valence-corrected chi connectivity index (χ1v) is 9.31. The summed E-state index contributed by atoms with van der Waals surface area (Å²) in [6, 6.07) is 5.71. The Balaban J connectivity index is 1.43. The predicted octanol–water partition coefficient (Wildman–Crippen LogP) is 1.00. The molecule has 2 saturated heterocycles. The molecule has 8 nitrogen and oxygen atoms in total. The molecule has 0 bridgehead atoms. The molecule has 27 heavy (non-hydrogen) atoms. The van der Waals surface area contributed by atoms with Gasteiger partial charge in [-0.1, -0.05) is 0 Å². The molecule has 0 N–H and O–H groups in total. The molecule has 2 aliphatic heterocycles. The van der Waals surface area contributed by atoms with E-state index in [1.165, 1.54) is 0 Å². The first-order valence-electron chi connectivity index (χ1n) is 9.31. The number of carbonyl (C=O) groups excluding carboxylic acids is 1. The molecule has 4 rings (SSSR count). The minimum atomic E-state index is -0.0831. The molecule has 0 unspecified atom stereocenters. The molecule has 0 spiro atoms. The maximum Gasteiger partial charge on any atom is 0.244 e. The number of aryl methyl sites for hydroxylation is 1. The number of hydrogen-bond donors (Lipinski definition) is 0. The van der Waals surface area contributed by atoms with Gasteiger partial charge >= 0.3 is 0 Å². The van der Waals surface area contributed by atoms with Gasteiger partial charge in [-0.15, -0.1) is 0 Å². The van der Waals surface area contributed by atoms with Crippen molar-refractivity contribution in [2.24, 2.45) is 7.05 Å². The molecule has 2 aromatic rings. The molecular weight excluding hydrogens is 342 g/mol. The van der Waals surface area contributed by atoms with Gasteiger partial charge in [-0.2, -0.15) is 10.4 Å². The summed E-state index contributed by atoms with van der Waals surface area (Å²) >= 11 is 0. The maximum atomic E-state index is 13.1. The summed E-state index contributed by atoms with van der Waals surface area (Å²) < 4.78 is 1.73. The second kappa shape index (κ2) is 7.37. The number of amides is 1. The molecular formula is C19H23N7O. The van der Waals surface area contributed by atoms with Crippen molar-refractivity contribution in [1.82, 2.24) is 19.7 Å². The zero-order valence-corrected chi connectivity index (χ0v) is 15.5. The quantitative estimate of drug-likeness (QED) is 0.807. The van der Waals surface area contributed by atoms with Crippen molar-refractivity contribution >= 4 is 17.4 Å². The zero-order valence-electron chi connectivity index (χ0n) is 15.5. The van der Waals surface area contributed by atoms with Gasteiger partial charge in [0.15, 0.2) is 0 Å². The van der Waals surface area contributed by atoms with Crippen LogP contribution < -0.4 is 9.80 Å². The van der Waals surface area contributed by atoms with E-state index in [1.807, 2.05) is 18.1 Å². The second-order valence-corrected chi connectivity index (χ2v) is 7.03. The van der Waals surface area contributed by atoms with E-state index in [2.05, 4.69) is 26.0 Å². The number of hydrogen-bond acceptors (Lipinski definition) is 6. The number of aromatic nitrogens is 3. The number of pyridine rings is 1. The topological polar surface area (TPSA) is 81.3 Å². The highest BCUT2D eigenvalue weighted by Crippen LogP contribution is 2.25. The van der Waals surface area contributed by atoms with Crippen molar-refractivity contribution in [3.63, 3.8) is 0 Å². The van der Waals surface area contributed by atoms with Crippen LogP contribution in [0.5, 0.6) is 0 Å². The van der Waals surface area contributed by atoms with Crippen LogP contribution in [0.1, 0.15) is 18.4 Å². The Morgan fingerprint density at radius 1 is 1.22 bits per heavy atom. The van der Waals surface area contributed by atoms with Gasteiger partial charge in [-0.25, -0.2) is 4.98 Å². The average molecular weight is 365 g/mol. The number of rotatable bonds is 3. The zero-order chi connectivity index (χ0) is 18.8. The Morgan fingerprint density at radius 2 is 2.04 bits per heavy atom. The minimum absolute atomic E-state index is 0.0831. The Bertz CT molecular complexity index is 863. The Kier molecular flexibility index (Phi) is 4.77. The molecule has 8 heteroatoms. The van der Waals surface area contributed by atoms with Gasteiger partial charge in [0.05, 0.1) is 23.5 Å². The van der Waals surface area contributed by atoms with Crippen molar-refractivity contribution in [2.75, 3.05) is 42.5 Å². The molecule has 2 aromatic heterocycles. The molecule has 2 aliphatic rings. The van der Waals surface area contributed by atoms with Crippen molar-refractivity contribution in [2.45, 2.75) is 18.9 Å². The van der Waals surface area contributed by atoms with E-state index < -0.39 is 0 Å². The highest BCUT2D eigenvalue weighted by Gasteiger charge is 2.36. The van der Waals surface area contributed by atoms with E-state index >= 15 is 0 Å². The minimum Gasteiger partial charge on any atom is -0.353 e. The highest BCUT2D eigenvalue weighted by atomic mass is 16.2. The van der Waals surface area contributed by atoms with Gasteiger partial charge in [0.2, 0.25) is 5.91 Å². The van der Waals surface area contributed by atoms with Gasteiger partial charge in [0.25, 0.3) is 0 Å².